The lowest BCUT2D eigenvalue weighted by atomic mass is 10.2. The summed E-state index contributed by atoms with van der Waals surface area (Å²) in [5.74, 6) is 0.966. The Kier molecular flexibility index (Phi) is 3.61. The number of aromatic nitrogens is 2. The summed E-state index contributed by atoms with van der Waals surface area (Å²) >= 11 is 0. The van der Waals surface area contributed by atoms with Gasteiger partial charge < -0.3 is 15.2 Å². The molecule has 0 bridgehead atoms. The van der Waals surface area contributed by atoms with E-state index in [0.29, 0.717) is 17.2 Å². The number of aryl methyl sites for hydroxylation is 1. The number of hydrogen-bond acceptors (Lipinski definition) is 5. The number of benzene rings is 1. The van der Waals surface area contributed by atoms with Crippen LogP contribution < -0.4 is 15.2 Å². The second kappa shape index (κ2) is 5.34. The Morgan fingerprint density at radius 2 is 2.05 bits per heavy atom. The smallest absolute Gasteiger partial charge is 0.322 e. The minimum absolute atomic E-state index is 0.120. The summed E-state index contributed by atoms with van der Waals surface area (Å²) in [5, 5.41) is 7.33. The van der Waals surface area contributed by atoms with Crippen molar-refractivity contribution in [2.75, 3.05) is 7.11 Å². The van der Waals surface area contributed by atoms with Crippen LogP contribution in [-0.2, 0) is 0 Å². The molecular weight excluding hydrogens is 244 g/mol. The Labute approximate surface area is 110 Å². The van der Waals surface area contributed by atoms with Crippen LogP contribution in [0.1, 0.15) is 11.3 Å². The van der Waals surface area contributed by atoms with Crippen LogP contribution in [-0.4, -0.2) is 22.9 Å². The standard InChI is InChI=1S/C13H14N4O2/c1-8-3-4-10(11(7-8)18-2)19-13-16-6-5-9(17-13)12(14)15/h3-7H,1-2H3,(H3,14,15). The minimum atomic E-state index is -0.136. The number of rotatable bonds is 4. The SMILES string of the molecule is COc1cc(C)ccc1Oc1nccc(C(=N)N)n1. The first kappa shape index (κ1) is 12.8. The molecule has 1 aromatic carbocycles. The van der Waals surface area contributed by atoms with Gasteiger partial charge >= 0.3 is 6.01 Å². The maximum Gasteiger partial charge on any atom is 0.322 e. The van der Waals surface area contributed by atoms with E-state index in [0.717, 1.165) is 5.56 Å². The van der Waals surface area contributed by atoms with Crippen molar-refractivity contribution in [1.29, 1.82) is 5.41 Å². The monoisotopic (exact) mass is 258 g/mol. The third kappa shape index (κ3) is 2.98. The topological polar surface area (TPSA) is 94.1 Å². The van der Waals surface area contributed by atoms with E-state index < -0.39 is 0 Å². The number of nitrogens with zero attached hydrogens (tertiary/aromatic N) is 2. The highest BCUT2D eigenvalue weighted by atomic mass is 16.5. The minimum Gasteiger partial charge on any atom is -0.493 e. The number of hydrogen-bond donors (Lipinski definition) is 2. The van der Waals surface area contributed by atoms with Crippen LogP contribution in [0, 0.1) is 12.3 Å². The molecule has 0 saturated carbocycles. The average Bonchev–Trinajstić information content (AvgIpc) is 2.41. The molecule has 0 radical (unpaired) electrons. The Morgan fingerprint density at radius 3 is 2.74 bits per heavy atom. The van der Waals surface area contributed by atoms with Gasteiger partial charge in [0.1, 0.15) is 11.5 Å². The third-order valence-corrected chi connectivity index (χ3v) is 2.43. The van der Waals surface area contributed by atoms with E-state index in [-0.39, 0.29) is 11.8 Å². The highest BCUT2D eigenvalue weighted by molar-refractivity contribution is 5.92. The molecule has 0 aliphatic rings. The van der Waals surface area contributed by atoms with E-state index in [1.807, 2.05) is 19.1 Å². The highest BCUT2D eigenvalue weighted by Gasteiger charge is 2.09. The first-order chi connectivity index (χ1) is 9.10. The molecule has 0 unspecified atom stereocenters. The zero-order valence-electron chi connectivity index (χ0n) is 10.7. The third-order valence-electron chi connectivity index (χ3n) is 2.43. The summed E-state index contributed by atoms with van der Waals surface area (Å²) in [6, 6.07) is 7.19. The lowest BCUT2D eigenvalue weighted by molar-refractivity contribution is 0.367. The number of methoxy groups -OCH3 is 1. The summed E-state index contributed by atoms with van der Waals surface area (Å²) in [5.41, 5.74) is 6.74. The number of nitrogens with one attached hydrogen (secondary N) is 1. The van der Waals surface area contributed by atoms with Gasteiger partial charge in [-0.3, -0.25) is 5.41 Å². The zero-order valence-corrected chi connectivity index (χ0v) is 10.7. The molecule has 2 rings (SSSR count). The van der Waals surface area contributed by atoms with Crippen LogP contribution in [0.25, 0.3) is 0 Å². The molecule has 0 atom stereocenters. The molecular formula is C13H14N4O2. The number of ether oxygens (including phenoxy) is 2. The second-order valence-electron chi connectivity index (χ2n) is 3.89. The fourth-order valence-electron chi connectivity index (χ4n) is 1.50. The maximum absolute atomic E-state index is 7.33. The molecule has 2 aromatic rings. The van der Waals surface area contributed by atoms with Gasteiger partial charge in [-0.05, 0) is 30.7 Å². The molecule has 1 heterocycles. The van der Waals surface area contributed by atoms with Crippen molar-refractivity contribution in [2.45, 2.75) is 6.92 Å². The van der Waals surface area contributed by atoms with Crippen LogP contribution in [0.4, 0.5) is 0 Å². The van der Waals surface area contributed by atoms with E-state index in [1.54, 1.807) is 19.2 Å². The molecule has 1 aromatic heterocycles. The Hall–Kier alpha value is -2.63. The molecule has 19 heavy (non-hydrogen) atoms. The van der Waals surface area contributed by atoms with Crippen LogP contribution in [0.3, 0.4) is 0 Å². The fraction of sp³-hybridized carbons (Fsp3) is 0.154. The zero-order chi connectivity index (χ0) is 13.8. The van der Waals surface area contributed by atoms with Crippen LogP contribution >= 0.6 is 0 Å². The van der Waals surface area contributed by atoms with Crippen LogP contribution in [0.15, 0.2) is 30.5 Å². The summed E-state index contributed by atoms with van der Waals surface area (Å²) < 4.78 is 10.8. The van der Waals surface area contributed by atoms with E-state index in [2.05, 4.69) is 9.97 Å². The molecule has 0 fully saturated rings. The van der Waals surface area contributed by atoms with Crippen molar-refractivity contribution in [3.05, 3.63) is 41.7 Å². The van der Waals surface area contributed by atoms with E-state index in [1.165, 1.54) is 6.20 Å². The van der Waals surface area contributed by atoms with Gasteiger partial charge in [-0.2, -0.15) is 4.98 Å². The van der Waals surface area contributed by atoms with Crippen molar-refractivity contribution in [3.63, 3.8) is 0 Å². The van der Waals surface area contributed by atoms with Crippen LogP contribution in [0.5, 0.6) is 17.5 Å². The maximum atomic E-state index is 7.33. The normalized spacial score (nSPS) is 10.0. The number of nitrogens with two attached hydrogens (primary N) is 1. The molecule has 6 heteroatoms. The predicted octanol–water partition coefficient (Wildman–Crippen LogP) is 1.87. The molecule has 0 spiro atoms. The van der Waals surface area contributed by atoms with Gasteiger partial charge in [-0.15, -0.1) is 0 Å². The second-order valence-corrected chi connectivity index (χ2v) is 3.89. The summed E-state index contributed by atoms with van der Waals surface area (Å²) in [6.07, 6.45) is 1.49. The van der Waals surface area contributed by atoms with E-state index >= 15 is 0 Å². The van der Waals surface area contributed by atoms with Crippen molar-refractivity contribution in [1.82, 2.24) is 9.97 Å². The quantitative estimate of drug-likeness (QED) is 0.645. The summed E-state index contributed by atoms with van der Waals surface area (Å²) in [4.78, 5) is 8.00. The molecule has 3 N–H and O–H groups in total. The number of amidine groups is 1. The lowest BCUT2D eigenvalue weighted by Crippen LogP contribution is -2.13. The van der Waals surface area contributed by atoms with Gasteiger partial charge in [-0.25, -0.2) is 4.98 Å². The predicted molar refractivity (Wildman–Crippen MR) is 70.9 cm³/mol. The van der Waals surface area contributed by atoms with Crippen molar-refractivity contribution in [2.24, 2.45) is 5.73 Å². The Morgan fingerprint density at radius 1 is 1.26 bits per heavy atom. The fourth-order valence-corrected chi connectivity index (χ4v) is 1.50. The molecule has 0 saturated heterocycles. The number of nitrogen functional groups attached to an aromatic ring is 1. The lowest BCUT2D eigenvalue weighted by Gasteiger charge is -2.09. The van der Waals surface area contributed by atoms with E-state index in [9.17, 15) is 0 Å². The van der Waals surface area contributed by atoms with Gasteiger partial charge in [0, 0.05) is 6.20 Å². The molecule has 0 aliphatic carbocycles. The molecule has 98 valence electrons. The summed E-state index contributed by atoms with van der Waals surface area (Å²) in [6.45, 7) is 1.96. The molecule has 0 amide bonds. The molecule has 6 nitrogen and oxygen atoms in total. The summed E-state index contributed by atoms with van der Waals surface area (Å²) in [7, 11) is 1.56. The first-order valence-corrected chi connectivity index (χ1v) is 5.60. The van der Waals surface area contributed by atoms with Gasteiger partial charge in [0.25, 0.3) is 0 Å². The van der Waals surface area contributed by atoms with Gasteiger partial charge in [0.15, 0.2) is 11.5 Å². The van der Waals surface area contributed by atoms with Gasteiger partial charge in [0.05, 0.1) is 7.11 Å². The van der Waals surface area contributed by atoms with Crippen molar-refractivity contribution < 1.29 is 9.47 Å². The van der Waals surface area contributed by atoms with Crippen LogP contribution in [0.2, 0.25) is 0 Å². The molecule has 0 aliphatic heterocycles. The largest absolute Gasteiger partial charge is 0.493 e. The van der Waals surface area contributed by atoms with Crippen molar-refractivity contribution in [3.8, 4) is 17.5 Å². The average molecular weight is 258 g/mol. The Bertz CT molecular complexity index is 613. The van der Waals surface area contributed by atoms with Crippen molar-refractivity contribution >= 4 is 5.84 Å². The highest BCUT2D eigenvalue weighted by Crippen LogP contribution is 2.30. The van der Waals surface area contributed by atoms with Gasteiger partial charge in [0.2, 0.25) is 0 Å². The van der Waals surface area contributed by atoms with E-state index in [4.69, 9.17) is 20.6 Å². The first-order valence-electron chi connectivity index (χ1n) is 5.60. The van der Waals surface area contributed by atoms with Gasteiger partial charge in [-0.1, -0.05) is 6.07 Å². The Balaban J connectivity index is 2.30.